The minimum absolute atomic E-state index is 0.170. The molecule has 0 atom stereocenters. The molecule has 3 aliphatic heterocycles. The van der Waals surface area contributed by atoms with Crippen molar-refractivity contribution < 1.29 is 27.2 Å². The Bertz CT molecular complexity index is 1620. The van der Waals surface area contributed by atoms with Crippen LogP contribution in [0.1, 0.15) is 77.8 Å². The molecule has 0 spiro atoms. The van der Waals surface area contributed by atoms with E-state index in [1.807, 2.05) is 67.6 Å². The van der Waals surface area contributed by atoms with Gasteiger partial charge in [0.1, 0.15) is 0 Å². The van der Waals surface area contributed by atoms with E-state index in [-0.39, 0.29) is 10.8 Å². The van der Waals surface area contributed by atoms with E-state index in [4.69, 9.17) is 18.1 Å². The predicted molar refractivity (Wildman–Crippen MR) is 189 cm³/mol. The first kappa shape index (κ1) is 34.4. The Kier molecular flexibility index (Phi) is 10.1. The lowest BCUT2D eigenvalue weighted by Gasteiger charge is -2.40. The van der Waals surface area contributed by atoms with Crippen molar-refractivity contribution in [2.75, 3.05) is 46.1 Å². The quantitative estimate of drug-likeness (QED) is 0.207. The van der Waals surface area contributed by atoms with Gasteiger partial charge in [0.25, 0.3) is 0 Å². The van der Waals surface area contributed by atoms with Gasteiger partial charge in [0.2, 0.25) is 0 Å². The fourth-order valence-electron chi connectivity index (χ4n) is 6.61. The Morgan fingerprint density at radius 3 is 1.94 bits per heavy atom. The van der Waals surface area contributed by atoms with Crippen molar-refractivity contribution in [3.8, 4) is 0 Å². The first-order chi connectivity index (χ1) is 22.4. The number of hydrogen-bond donors (Lipinski definition) is 1. The molecule has 3 heterocycles. The normalized spacial score (nSPS) is 24.7. The standard InChI is InChI=1S/C37H50N2O6P2/c1-28(34(29-15-8-6-9-16-29)46(40)42-24-36(2,3)25-43-46)38-20-14-22-39-21-13-12-19-31-32(23-33(31)39)35(30-17-10-7-11-18-30)47(41)44-26-37(4,5)27-45-47/h6-11,15-18,38H,12-14,19-27H2,1-5H3/b34-28-,35-32+. The average Bonchev–Trinajstić information content (AvgIpc) is 3.20. The third-order valence-electron chi connectivity index (χ3n) is 9.32. The van der Waals surface area contributed by atoms with Crippen LogP contribution in [-0.2, 0) is 27.2 Å². The molecule has 0 unspecified atom stereocenters. The van der Waals surface area contributed by atoms with Gasteiger partial charge in [-0.1, -0.05) is 88.4 Å². The van der Waals surface area contributed by atoms with Crippen molar-refractivity contribution >= 4 is 25.8 Å². The van der Waals surface area contributed by atoms with E-state index in [0.29, 0.717) is 31.7 Å². The highest BCUT2D eigenvalue weighted by Gasteiger charge is 2.45. The molecule has 4 aliphatic rings. The third-order valence-corrected chi connectivity index (χ3v) is 13.4. The first-order valence-electron chi connectivity index (χ1n) is 17.0. The molecule has 0 radical (unpaired) electrons. The second-order valence-electron chi connectivity index (χ2n) is 14.8. The summed E-state index contributed by atoms with van der Waals surface area (Å²) in [7, 11) is -6.96. The van der Waals surface area contributed by atoms with E-state index < -0.39 is 15.2 Å². The molecule has 2 saturated heterocycles. The van der Waals surface area contributed by atoms with Gasteiger partial charge in [-0.2, -0.15) is 0 Å². The Morgan fingerprint density at radius 1 is 0.787 bits per heavy atom. The molecule has 0 saturated carbocycles. The molecule has 0 bridgehead atoms. The van der Waals surface area contributed by atoms with Crippen molar-refractivity contribution in [2.24, 2.45) is 10.8 Å². The topological polar surface area (TPSA) is 86.3 Å². The van der Waals surface area contributed by atoms with Gasteiger partial charge in [0, 0.05) is 48.3 Å². The van der Waals surface area contributed by atoms with Crippen LogP contribution in [-0.4, -0.2) is 51.0 Å². The summed E-state index contributed by atoms with van der Waals surface area (Å²) in [5, 5.41) is 4.91. The molecule has 1 aliphatic carbocycles. The van der Waals surface area contributed by atoms with Gasteiger partial charge in [-0.3, -0.25) is 9.13 Å². The smallest absolute Gasteiger partial charge is 0.363 e. The molecule has 10 heteroatoms. The molecule has 0 amide bonds. The molecule has 8 nitrogen and oxygen atoms in total. The first-order valence-corrected chi connectivity index (χ1v) is 20.0. The maximum Gasteiger partial charge on any atom is 0.363 e. The summed E-state index contributed by atoms with van der Waals surface area (Å²) in [6, 6.07) is 19.8. The maximum absolute atomic E-state index is 14.3. The monoisotopic (exact) mass is 680 g/mol. The molecule has 254 valence electrons. The Balaban J connectivity index is 1.19. The third kappa shape index (κ3) is 7.59. The average molecular weight is 681 g/mol. The second kappa shape index (κ2) is 13.8. The molecule has 47 heavy (non-hydrogen) atoms. The number of allylic oxidation sites excluding steroid dienone is 3. The van der Waals surface area contributed by atoms with Crippen molar-refractivity contribution in [2.45, 2.75) is 66.7 Å². The van der Waals surface area contributed by atoms with Gasteiger partial charge in [0.15, 0.2) is 0 Å². The Labute approximate surface area is 280 Å². The molecule has 2 aromatic rings. The van der Waals surface area contributed by atoms with Gasteiger partial charge < -0.3 is 28.3 Å². The van der Waals surface area contributed by atoms with Crippen LogP contribution >= 0.6 is 15.2 Å². The summed E-state index contributed by atoms with van der Waals surface area (Å²) >= 11 is 0. The lowest BCUT2D eigenvalue weighted by atomic mass is 9.83. The van der Waals surface area contributed by atoms with Crippen LogP contribution < -0.4 is 5.32 Å². The summed E-state index contributed by atoms with van der Waals surface area (Å²) < 4.78 is 52.5. The molecule has 2 aromatic carbocycles. The number of rotatable bonds is 9. The SMILES string of the molecule is C/C(NCCCN1CCCCC2=C1C/C2=C(/c1ccccc1)P1(=O)OCC(C)(C)CO1)=C(\c1ccccc1)P1(=O)OCC(C)(C)CO1. The second-order valence-corrected chi connectivity index (χ2v) is 18.7. The summed E-state index contributed by atoms with van der Waals surface area (Å²) in [6.07, 6.45) is 4.83. The Hall–Kier alpha value is -2.44. The van der Waals surface area contributed by atoms with Gasteiger partial charge >= 0.3 is 15.2 Å². The summed E-state index contributed by atoms with van der Waals surface area (Å²) in [4.78, 5) is 2.51. The number of nitrogens with zero attached hydrogens (tertiary/aromatic N) is 1. The highest BCUT2D eigenvalue weighted by atomic mass is 31.2. The van der Waals surface area contributed by atoms with Crippen LogP contribution in [0.15, 0.2) is 83.2 Å². The van der Waals surface area contributed by atoms with E-state index in [1.54, 1.807) is 0 Å². The van der Waals surface area contributed by atoms with E-state index in [2.05, 4.69) is 37.9 Å². The van der Waals surface area contributed by atoms with Crippen LogP contribution in [0.2, 0.25) is 0 Å². The highest BCUT2D eigenvalue weighted by Crippen LogP contribution is 2.67. The van der Waals surface area contributed by atoms with Crippen LogP contribution in [0.25, 0.3) is 10.6 Å². The van der Waals surface area contributed by atoms with E-state index in [9.17, 15) is 9.13 Å². The summed E-state index contributed by atoms with van der Waals surface area (Å²) in [5.74, 6) is 0. The summed E-state index contributed by atoms with van der Waals surface area (Å²) in [5.41, 5.74) is 6.01. The van der Waals surface area contributed by atoms with Crippen molar-refractivity contribution in [1.82, 2.24) is 10.2 Å². The minimum atomic E-state index is -3.49. The van der Waals surface area contributed by atoms with Crippen LogP contribution in [0.4, 0.5) is 0 Å². The van der Waals surface area contributed by atoms with E-state index >= 15 is 0 Å². The largest absolute Gasteiger partial charge is 0.388 e. The number of nitrogens with one attached hydrogen (secondary N) is 1. The zero-order chi connectivity index (χ0) is 33.3. The zero-order valence-electron chi connectivity index (χ0n) is 28.5. The molecule has 0 aromatic heterocycles. The van der Waals surface area contributed by atoms with E-state index in [1.165, 1.54) is 11.3 Å². The van der Waals surface area contributed by atoms with Gasteiger partial charge in [0.05, 0.1) is 37.1 Å². The molecule has 2 fully saturated rings. The lowest BCUT2D eigenvalue weighted by molar-refractivity contribution is 0.0465. The van der Waals surface area contributed by atoms with Crippen LogP contribution in [0.3, 0.4) is 0 Å². The molecule has 6 rings (SSSR count). The van der Waals surface area contributed by atoms with Gasteiger partial charge in [-0.25, -0.2) is 0 Å². The van der Waals surface area contributed by atoms with E-state index in [0.717, 1.165) is 79.4 Å². The fourth-order valence-corrected chi connectivity index (χ4v) is 11.3. The number of hydrogen-bond acceptors (Lipinski definition) is 8. The van der Waals surface area contributed by atoms with Crippen molar-refractivity contribution in [1.29, 1.82) is 0 Å². The van der Waals surface area contributed by atoms with Crippen molar-refractivity contribution in [3.63, 3.8) is 0 Å². The fraction of sp³-hybridized carbons (Fsp3) is 0.514. The van der Waals surface area contributed by atoms with Crippen molar-refractivity contribution in [3.05, 3.63) is 94.3 Å². The molecular formula is C37H50N2O6P2. The van der Waals surface area contributed by atoms with Crippen LogP contribution in [0.5, 0.6) is 0 Å². The predicted octanol–water partition coefficient (Wildman–Crippen LogP) is 9.44. The van der Waals surface area contributed by atoms with Gasteiger partial charge in [-0.05, 0) is 54.9 Å². The van der Waals surface area contributed by atoms with Crippen LogP contribution in [0, 0.1) is 10.8 Å². The summed E-state index contributed by atoms with van der Waals surface area (Å²) in [6.45, 7) is 14.4. The minimum Gasteiger partial charge on any atom is -0.388 e. The molecular weight excluding hydrogens is 630 g/mol. The number of benzene rings is 2. The lowest BCUT2D eigenvalue weighted by Crippen LogP contribution is -2.32. The zero-order valence-corrected chi connectivity index (χ0v) is 30.3. The Morgan fingerprint density at radius 2 is 1.34 bits per heavy atom. The highest BCUT2D eigenvalue weighted by molar-refractivity contribution is 7.65. The van der Waals surface area contributed by atoms with Gasteiger partial charge in [-0.15, -0.1) is 0 Å². The maximum atomic E-state index is 14.3. The molecule has 1 N–H and O–H groups in total.